The maximum absolute atomic E-state index is 13.4. The summed E-state index contributed by atoms with van der Waals surface area (Å²) in [5.41, 5.74) is 4.32. The van der Waals surface area contributed by atoms with Crippen molar-refractivity contribution in [2.24, 2.45) is 7.05 Å². The topological polar surface area (TPSA) is 148 Å². The van der Waals surface area contributed by atoms with E-state index < -0.39 is 12.8 Å². The minimum atomic E-state index is -4.57. The first-order chi connectivity index (χ1) is 22.8. The largest absolute Gasteiger partial charge is 0.482 e. The fourth-order valence-corrected chi connectivity index (χ4v) is 5.85. The molecular formula is C30H26F3N10O3P. The number of nitrogens with zero attached hydrogens (tertiary/aromatic N) is 7. The van der Waals surface area contributed by atoms with Crippen LogP contribution in [-0.2, 0) is 16.3 Å². The number of aromatic amines is 1. The minimum Gasteiger partial charge on any atom is -0.482 e. The third kappa shape index (κ3) is 6.37. The van der Waals surface area contributed by atoms with Crippen LogP contribution >= 0.6 is 8.46 Å². The van der Waals surface area contributed by atoms with Crippen LogP contribution in [-0.4, -0.2) is 73.8 Å². The molecule has 7 rings (SSSR count). The van der Waals surface area contributed by atoms with E-state index in [1.165, 1.54) is 6.20 Å². The molecule has 1 aliphatic rings. The Morgan fingerprint density at radius 1 is 1.06 bits per heavy atom. The molecular weight excluding hydrogens is 636 g/mol. The van der Waals surface area contributed by atoms with Gasteiger partial charge in [0.25, 0.3) is 0 Å². The van der Waals surface area contributed by atoms with E-state index in [0.29, 0.717) is 70.9 Å². The van der Waals surface area contributed by atoms with Crippen molar-refractivity contribution >= 4 is 64.7 Å². The van der Waals surface area contributed by atoms with Crippen LogP contribution in [0.5, 0.6) is 5.75 Å². The van der Waals surface area contributed by atoms with Gasteiger partial charge < -0.3 is 30.0 Å². The van der Waals surface area contributed by atoms with Crippen LogP contribution in [0.1, 0.15) is 0 Å². The molecule has 0 bridgehead atoms. The molecule has 0 saturated carbocycles. The summed E-state index contributed by atoms with van der Waals surface area (Å²) in [5, 5.41) is 11.6. The van der Waals surface area contributed by atoms with E-state index in [1.54, 1.807) is 60.7 Å². The molecule has 1 saturated heterocycles. The van der Waals surface area contributed by atoms with E-state index >= 15 is 0 Å². The highest BCUT2D eigenvalue weighted by Gasteiger charge is 2.30. The Kier molecular flexibility index (Phi) is 8.03. The number of nitrogens with one attached hydrogen (secondary N) is 3. The normalized spacial score (nSPS) is 13.8. The van der Waals surface area contributed by atoms with Crippen molar-refractivity contribution in [3.8, 4) is 16.9 Å². The predicted octanol–water partition coefficient (Wildman–Crippen LogP) is 5.48. The quantitative estimate of drug-likeness (QED) is 0.169. The number of ether oxygens (including phenoxy) is 2. The molecule has 3 N–H and O–H groups in total. The standard InChI is InChI=1S/C30H26F3N10O3P/c1-42-15-17(14-37-42)19-12-22(24(46-16-30(31,32)33)13-23(19)43-8-10-45-11-9-43)39-29-40-27-18(4-5-36-27)28(41-29)38-21-3-2-20-25(26(21)47-44)35-7-6-34-20/h2-7,12-15H,8-11,16H2,1H3,(H3,36,38,39,40,41). The van der Waals surface area contributed by atoms with E-state index in [2.05, 4.69) is 40.7 Å². The lowest BCUT2D eigenvalue weighted by atomic mass is 10.0. The summed E-state index contributed by atoms with van der Waals surface area (Å²) in [6, 6.07) is 8.53. The number of rotatable bonds is 9. The number of fused-ring (bicyclic) bond motifs is 2. The molecule has 4 aromatic heterocycles. The smallest absolute Gasteiger partial charge is 0.422 e. The highest BCUT2D eigenvalue weighted by molar-refractivity contribution is 7.35. The summed E-state index contributed by atoms with van der Waals surface area (Å²) in [6.07, 6.45) is 3.68. The van der Waals surface area contributed by atoms with Crippen LogP contribution in [0.15, 0.2) is 61.3 Å². The number of halogens is 3. The Hall–Kier alpha value is -5.34. The molecule has 13 nitrogen and oxygen atoms in total. The first kappa shape index (κ1) is 30.3. The Balaban J connectivity index is 1.32. The number of anilines is 5. The van der Waals surface area contributed by atoms with Gasteiger partial charge in [-0.05, 0) is 24.3 Å². The predicted molar refractivity (Wildman–Crippen MR) is 170 cm³/mol. The molecule has 0 radical (unpaired) electrons. The zero-order chi connectivity index (χ0) is 32.5. The van der Waals surface area contributed by atoms with Crippen LogP contribution in [0.4, 0.5) is 42.0 Å². The number of alkyl halides is 3. The number of benzene rings is 2. The zero-order valence-electron chi connectivity index (χ0n) is 24.7. The number of aromatic nitrogens is 7. The lowest BCUT2D eigenvalue weighted by Gasteiger charge is -2.31. The first-order valence-electron chi connectivity index (χ1n) is 14.4. The van der Waals surface area contributed by atoms with Crippen molar-refractivity contribution in [2.45, 2.75) is 6.18 Å². The maximum atomic E-state index is 13.4. The van der Waals surface area contributed by atoms with Gasteiger partial charge in [0.1, 0.15) is 22.7 Å². The lowest BCUT2D eigenvalue weighted by Crippen LogP contribution is -2.36. The van der Waals surface area contributed by atoms with E-state index in [0.717, 1.165) is 11.1 Å². The molecule has 0 spiro atoms. The monoisotopic (exact) mass is 662 g/mol. The minimum absolute atomic E-state index is 0.0401. The van der Waals surface area contributed by atoms with Gasteiger partial charge in [-0.2, -0.15) is 28.2 Å². The molecule has 0 unspecified atom stereocenters. The third-order valence-electron chi connectivity index (χ3n) is 7.48. The second-order valence-electron chi connectivity index (χ2n) is 10.6. The van der Waals surface area contributed by atoms with Crippen LogP contribution in [0.25, 0.3) is 33.2 Å². The fourth-order valence-electron chi connectivity index (χ4n) is 5.36. The molecule has 1 fully saturated rings. The van der Waals surface area contributed by atoms with Crippen molar-refractivity contribution in [1.82, 2.24) is 34.7 Å². The Bertz CT molecular complexity index is 2100. The van der Waals surface area contributed by atoms with Crippen LogP contribution in [0.3, 0.4) is 0 Å². The van der Waals surface area contributed by atoms with Gasteiger partial charge in [-0.1, -0.05) is 0 Å². The molecule has 2 aromatic carbocycles. The fraction of sp³-hybridized carbons (Fsp3) is 0.233. The molecule has 0 atom stereocenters. The van der Waals surface area contributed by atoms with Gasteiger partial charge in [-0.25, -0.2) is 0 Å². The summed E-state index contributed by atoms with van der Waals surface area (Å²) < 4.78 is 65.0. The molecule has 0 aliphatic carbocycles. The summed E-state index contributed by atoms with van der Waals surface area (Å²) in [6.45, 7) is 0.545. The number of morpholine rings is 1. The van der Waals surface area contributed by atoms with E-state index in [9.17, 15) is 17.7 Å². The van der Waals surface area contributed by atoms with Gasteiger partial charge >= 0.3 is 6.18 Å². The molecule has 5 heterocycles. The highest BCUT2D eigenvalue weighted by Crippen LogP contribution is 2.41. The van der Waals surface area contributed by atoms with E-state index in [1.807, 2.05) is 11.1 Å². The van der Waals surface area contributed by atoms with Crippen molar-refractivity contribution in [2.75, 3.05) is 48.4 Å². The molecule has 240 valence electrons. The number of H-pyrrole nitrogens is 1. The number of hydrogen-bond acceptors (Lipinski definition) is 11. The second kappa shape index (κ2) is 12.5. The Morgan fingerprint density at radius 2 is 1.89 bits per heavy atom. The zero-order valence-corrected chi connectivity index (χ0v) is 25.6. The molecule has 47 heavy (non-hydrogen) atoms. The molecule has 1 aliphatic heterocycles. The van der Waals surface area contributed by atoms with Gasteiger partial charge in [-0.3, -0.25) is 19.2 Å². The van der Waals surface area contributed by atoms with Crippen LogP contribution in [0.2, 0.25) is 0 Å². The van der Waals surface area contributed by atoms with Crippen molar-refractivity contribution in [1.29, 1.82) is 0 Å². The molecule has 6 aromatic rings. The van der Waals surface area contributed by atoms with E-state index in [-0.39, 0.29) is 25.8 Å². The Morgan fingerprint density at radius 3 is 2.66 bits per heavy atom. The molecule has 17 heteroatoms. The van der Waals surface area contributed by atoms with Crippen LogP contribution < -0.4 is 25.6 Å². The van der Waals surface area contributed by atoms with Crippen molar-refractivity contribution < 1.29 is 27.2 Å². The maximum Gasteiger partial charge on any atom is 0.422 e. The Labute approximate surface area is 266 Å². The summed E-state index contributed by atoms with van der Waals surface area (Å²) in [7, 11) is 1.50. The van der Waals surface area contributed by atoms with E-state index in [4.69, 9.17) is 9.47 Å². The second-order valence-corrected chi connectivity index (χ2v) is 11.3. The SMILES string of the molecule is Cn1cc(-c2cc(Nc3nc(Nc4ccc5nccnc5c4P=O)c4cc[nH]c4n3)c(OCC(F)(F)F)cc2N2CCOCC2)cn1. The van der Waals surface area contributed by atoms with Crippen molar-refractivity contribution in [3.05, 3.63) is 61.3 Å². The average Bonchev–Trinajstić information content (AvgIpc) is 3.73. The first-order valence-corrected chi connectivity index (χ1v) is 15.2. The highest BCUT2D eigenvalue weighted by atomic mass is 31.1. The van der Waals surface area contributed by atoms with Gasteiger partial charge in [0, 0.05) is 67.8 Å². The van der Waals surface area contributed by atoms with Gasteiger partial charge in [0.15, 0.2) is 15.1 Å². The van der Waals surface area contributed by atoms with Crippen molar-refractivity contribution in [3.63, 3.8) is 0 Å². The summed E-state index contributed by atoms with van der Waals surface area (Å²) in [5.74, 6) is 0.376. The van der Waals surface area contributed by atoms with Crippen LogP contribution in [0, 0.1) is 0 Å². The van der Waals surface area contributed by atoms with Gasteiger partial charge in [0.05, 0.1) is 47.0 Å². The number of aryl methyl sites for hydroxylation is 1. The van der Waals surface area contributed by atoms with Gasteiger partial charge in [-0.15, -0.1) is 0 Å². The number of hydrogen-bond donors (Lipinski definition) is 3. The van der Waals surface area contributed by atoms with Gasteiger partial charge in [0.2, 0.25) is 5.95 Å². The summed E-state index contributed by atoms with van der Waals surface area (Å²) in [4.78, 5) is 22.9. The summed E-state index contributed by atoms with van der Waals surface area (Å²) >= 11 is 0. The average molecular weight is 663 g/mol. The lowest BCUT2D eigenvalue weighted by molar-refractivity contribution is -0.153. The molecule has 0 amide bonds. The third-order valence-corrected chi connectivity index (χ3v) is 8.11.